The van der Waals surface area contributed by atoms with Crippen LogP contribution < -0.4 is 0 Å². The van der Waals surface area contributed by atoms with E-state index in [9.17, 15) is 9.18 Å². The Morgan fingerprint density at radius 3 is 2.50 bits per heavy atom. The zero-order chi connectivity index (χ0) is 4.99. The Morgan fingerprint density at radius 1 is 2.00 bits per heavy atom. The van der Waals surface area contributed by atoms with E-state index in [1.165, 1.54) is 0 Å². The summed E-state index contributed by atoms with van der Waals surface area (Å²) in [6, 6.07) is 0. The number of halogens is 2. The highest BCUT2D eigenvalue weighted by atomic mass is 35.5. The molecule has 0 spiro atoms. The summed E-state index contributed by atoms with van der Waals surface area (Å²) in [7, 11) is 0. The average molecular weight is 111 g/mol. The van der Waals surface area contributed by atoms with Crippen LogP contribution in [0.2, 0.25) is 0 Å². The van der Waals surface area contributed by atoms with Crippen molar-refractivity contribution in [2.24, 2.45) is 0 Å². The van der Waals surface area contributed by atoms with Gasteiger partial charge in [0.15, 0.2) is 5.63 Å². The van der Waals surface area contributed by atoms with E-state index in [4.69, 9.17) is 0 Å². The van der Waals surface area contributed by atoms with Crippen molar-refractivity contribution < 1.29 is 9.18 Å². The lowest BCUT2D eigenvalue weighted by Gasteiger charge is -1.82. The first kappa shape index (κ1) is 5.89. The molecule has 0 aliphatic heterocycles. The van der Waals surface area contributed by atoms with E-state index >= 15 is 0 Å². The van der Waals surface area contributed by atoms with Gasteiger partial charge in [0.2, 0.25) is 0 Å². The van der Waals surface area contributed by atoms with Gasteiger partial charge in [0.05, 0.1) is 0 Å². The van der Waals surface area contributed by atoms with Crippen LogP contribution in [-0.4, -0.2) is 11.9 Å². The van der Waals surface area contributed by atoms with Gasteiger partial charge in [0.1, 0.15) is 6.29 Å². The Hall–Kier alpha value is -0.110. The highest BCUT2D eigenvalue weighted by Gasteiger charge is 1.94. The Balaban J connectivity index is 2.81. The van der Waals surface area contributed by atoms with E-state index in [2.05, 4.69) is 11.6 Å². The second-order valence-corrected chi connectivity index (χ2v) is 1.27. The molecule has 0 bridgehead atoms. The van der Waals surface area contributed by atoms with Gasteiger partial charge < -0.3 is 4.79 Å². The minimum absolute atomic E-state index is 0.207. The number of carbonyl (C=O) groups excluding carboxylic acids is 1. The molecule has 0 aliphatic rings. The second kappa shape index (κ2) is 3.09. The normalized spacial score (nSPS) is 13.7. The maximum Gasteiger partial charge on any atom is 0.180 e. The van der Waals surface area contributed by atoms with Gasteiger partial charge in [-0.15, -0.1) is 0 Å². The van der Waals surface area contributed by atoms with Gasteiger partial charge in [-0.25, -0.2) is 4.39 Å². The molecule has 0 N–H and O–H groups in total. The molecule has 1 nitrogen and oxygen atoms in total. The Morgan fingerprint density at radius 2 is 2.50 bits per heavy atom. The van der Waals surface area contributed by atoms with E-state index in [-0.39, 0.29) is 6.42 Å². The van der Waals surface area contributed by atoms with Gasteiger partial charge in [-0.3, -0.25) is 0 Å². The Bertz CT molecular complexity index is 46.1. The average Bonchev–Trinajstić information content (AvgIpc) is 1.35. The fourth-order valence-electron chi connectivity index (χ4n) is 0.0727. The summed E-state index contributed by atoms with van der Waals surface area (Å²) in [5, 5.41) is 0. The number of aldehydes is 1. The minimum atomic E-state index is -1.50. The predicted octanol–water partition coefficient (Wildman–Crippen LogP) is 1.11. The lowest BCUT2D eigenvalue weighted by atomic mass is 10.5. The van der Waals surface area contributed by atoms with E-state index < -0.39 is 5.63 Å². The molecule has 1 atom stereocenters. The van der Waals surface area contributed by atoms with Gasteiger partial charge in [-0.05, 0) is 0 Å². The van der Waals surface area contributed by atoms with E-state index in [0.717, 1.165) is 0 Å². The third-order valence-corrected chi connectivity index (χ3v) is 0.453. The summed E-state index contributed by atoms with van der Waals surface area (Å²) in [6.07, 6.45) is 0.235. The largest absolute Gasteiger partial charge is 0.303 e. The highest BCUT2D eigenvalue weighted by Crippen LogP contribution is 1.97. The van der Waals surface area contributed by atoms with Crippen LogP contribution in [0, 0.1) is 0 Å². The standard InChI is InChI=1S/C3H4ClFO/c4-3(5)1-2-6/h2-3H,1H2. The number of carbonyl (C=O) groups is 1. The third-order valence-electron chi connectivity index (χ3n) is 0.274. The minimum Gasteiger partial charge on any atom is -0.303 e. The molecule has 0 rings (SSSR count). The summed E-state index contributed by atoms with van der Waals surface area (Å²) >= 11 is 4.68. The molecule has 36 valence electrons. The fraction of sp³-hybridized carbons (Fsp3) is 0.667. The van der Waals surface area contributed by atoms with Crippen molar-refractivity contribution in [3.8, 4) is 0 Å². The van der Waals surface area contributed by atoms with Gasteiger partial charge in [0.25, 0.3) is 0 Å². The van der Waals surface area contributed by atoms with Crippen LogP contribution in [0.1, 0.15) is 6.42 Å². The fourth-order valence-corrected chi connectivity index (χ4v) is 0.145. The lowest BCUT2D eigenvalue weighted by molar-refractivity contribution is -0.108. The van der Waals surface area contributed by atoms with Crippen LogP contribution in [0.5, 0.6) is 0 Å². The van der Waals surface area contributed by atoms with Gasteiger partial charge in [0, 0.05) is 6.42 Å². The summed E-state index contributed by atoms with van der Waals surface area (Å²) in [5.74, 6) is 0. The molecular weight excluding hydrogens is 106 g/mol. The third kappa shape index (κ3) is 3.89. The van der Waals surface area contributed by atoms with Gasteiger partial charge in [-0.1, -0.05) is 11.6 Å². The molecule has 1 unspecified atom stereocenters. The molecule has 3 heteroatoms. The molecule has 0 aromatic rings. The molecule has 0 heterocycles. The lowest BCUT2D eigenvalue weighted by Crippen LogP contribution is -1.86. The molecule has 0 radical (unpaired) electrons. The Kier molecular flexibility index (Phi) is 3.04. The molecule has 0 aromatic heterocycles. The van der Waals surface area contributed by atoms with Crippen molar-refractivity contribution in [3.05, 3.63) is 0 Å². The zero-order valence-corrected chi connectivity index (χ0v) is 3.78. The van der Waals surface area contributed by atoms with Gasteiger partial charge in [-0.2, -0.15) is 0 Å². The number of hydrogen-bond acceptors (Lipinski definition) is 1. The molecule has 0 saturated heterocycles. The highest BCUT2D eigenvalue weighted by molar-refractivity contribution is 6.20. The maximum absolute atomic E-state index is 11.2. The molecule has 0 saturated carbocycles. The van der Waals surface area contributed by atoms with E-state index in [1.54, 1.807) is 0 Å². The molecule has 0 aliphatic carbocycles. The monoisotopic (exact) mass is 110 g/mol. The maximum atomic E-state index is 11.2. The van der Waals surface area contributed by atoms with Crippen LogP contribution in [0.4, 0.5) is 4.39 Å². The first-order valence-electron chi connectivity index (χ1n) is 1.49. The van der Waals surface area contributed by atoms with E-state index in [1.807, 2.05) is 0 Å². The molecule has 0 aromatic carbocycles. The summed E-state index contributed by atoms with van der Waals surface area (Å²) in [6.45, 7) is 0. The topological polar surface area (TPSA) is 17.1 Å². The van der Waals surface area contributed by atoms with Crippen LogP contribution in [0.25, 0.3) is 0 Å². The Labute approximate surface area is 40.1 Å². The first-order valence-corrected chi connectivity index (χ1v) is 1.93. The van der Waals surface area contributed by atoms with Crippen molar-refractivity contribution >= 4 is 17.9 Å². The van der Waals surface area contributed by atoms with E-state index in [0.29, 0.717) is 6.29 Å². The van der Waals surface area contributed by atoms with Gasteiger partial charge >= 0.3 is 0 Å². The summed E-state index contributed by atoms with van der Waals surface area (Å²) < 4.78 is 11.2. The first-order chi connectivity index (χ1) is 2.77. The summed E-state index contributed by atoms with van der Waals surface area (Å²) in [5.41, 5.74) is -1.50. The van der Waals surface area contributed by atoms with Crippen molar-refractivity contribution in [1.29, 1.82) is 0 Å². The zero-order valence-electron chi connectivity index (χ0n) is 3.03. The predicted molar refractivity (Wildman–Crippen MR) is 21.4 cm³/mol. The number of rotatable bonds is 2. The number of hydrogen-bond donors (Lipinski definition) is 0. The molecular formula is C3H4ClFO. The smallest absolute Gasteiger partial charge is 0.180 e. The molecule has 6 heavy (non-hydrogen) atoms. The van der Waals surface area contributed by atoms with Crippen LogP contribution in [0.3, 0.4) is 0 Å². The van der Waals surface area contributed by atoms with Crippen molar-refractivity contribution in [2.45, 2.75) is 12.1 Å². The molecule has 0 amide bonds. The van der Waals surface area contributed by atoms with Crippen molar-refractivity contribution in [2.75, 3.05) is 0 Å². The van der Waals surface area contributed by atoms with Crippen LogP contribution in [-0.2, 0) is 4.79 Å². The van der Waals surface area contributed by atoms with Crippen LogP contribution >= 0.6 is 11.6 Å². The molecule has 0 fully saturated rings. The quantitative estimate of drug-likeness (QED) is 0.385. The van der Waals surface area contributed by atoms with Crippen LogP contribution in [0.15, 0.2) is 0 Å². The SMILES string of the molecule is O=CCC(F)Cl. The van der Waals surface area contributed by atoms with Crippen molar-refractivity contribution in [3.63, 3.8) is 0 Å². The van der Waals surface area contributed by atoms with Crippen molar-refractivity contribution in [1.82, 2.24) is 0 Å². The second-order valence-electron chi connectivity index (χ2n) is 0.793. The number of alkyl halides is 2. The summed E-state index contributed by atoms with van der Waals surface area (Å²) in [4.78, 5) is 9.29.